The first-order valence-corrected chi connectivity index (χ1v) is 8.08. The van der Waals surface area contributed by atoms with Crippen LogP contribution in [0.3, 0.4) is 0 Å². The van der Waals surface area contributed by atoms with E-state index in [4.69, 9.17) is 5.73 Å². The summed E-state index contributed by atoms with van der Waals surface area (Å²) < 4.78 is 0. The molecule has 0 unspecified atom stereocenters. The SMILES string of the molecule is Cc1ccc(/C=C/c2ccc(/C=C/c3ccccc3N)cc2)cc1. The third-order valence-electron chi connectivity index (χ3n) is 3.93. The molecular weight excluding hydrogens is 290 g/mol. The summed E-state index contributed by atoms with van der Waals surface area (Å²) in [6, 6.07) is 24.9. The highest BCUT2D eigenvalue weighted by Crippen LogP contribution is 2.16. The van der Waals surface area contributed by atoms with Crippen LogP contribution < -0.4 is 5.73 Å². The van der Waals surface area contributed by atoms with Crippen molar-refractivity contribution in [2.24, 2.45) is 0 Å². The lowest BCUT2D eigenvalue weighted by atomic mass is 10.1. The minimum Gasteiger partial charge on any atom is -0.398 e. The number of para-hydroxylation sites is 1. The van der Waals surface area contributed by atoms with E-state index < -0.39 is 0 Å². The van der Waals surface area contributed by atoms with E-state index in [0.717, 1.165) is 16.8 Å². The van der Waals surface area contributed by atoms with Gasteiger partial charge in [-0.05, 0) is 35.2 Å². The topological polar surface area (TPSA) is 26.0 Å². The van der Waals surface area contributed by atoms with Crippen LogP contribution in [0.5, 0.6) is 0 Å². The fourth-order valence-corrected chi connectivity index (χ4v) is 2.44. The van der Waals surface area contributed by atoms with Crippen molar-refractivity contribution in [3.63, 3.8) is 0 Å². The summed E-state index contributed by atoms with van der Waals surface area (Å²) in [7, 11) is 0. The number of nitrogen functional groups attached to an aromatic ring is 1. The second-order valence-electron chi connectivity index (χ2n) is 5.87. The normalized spacial score (nSPS) is 11.4. The maximum absolute atomic E-state index is 5.95. The molecule has 0 spiro atoms. The molecule has 0 saturated heterocycles. The number of nitrogens with two attached hydrogens (primary N) is 1. The lowest BCUT2D eigenvalue weighted by Gasteiger charge is -2.00. The Balaban J connectivity index is 1.69. The molecule has 0 amide bonds. The molecule has 0 aliphatic heterocycles. The van der Waals surface area contributed by atoms with Crippen molar-refractivity contribution >= 4 is 30.0 Å². The minimum atomic E-state index is 0.798. The predicted octanol–water partition coefficient (Wildman–Crippen LogP) is 5.92. The van der Waals surface area contributed by atoms with E-state index in [0.29, 0.717) is 0 Å². The first-order valence-electron chi connectivity index (χ1n) is 8.08. The monoisotopic (exact) mass is 311 g/mol. The first kappa shape index (κ1) is 15.8. The van der Waals surface area contributed by atoms with Crippen molar-refractivity contribution in [3.8, 4) is 0 Å². The van der Waals surface area contributed by atoms with Gasteiger partial charge >= 0.3 is 0 Å². The Morgan fingerprint density at radius 3 is 1.58 bits per heavy atom. The highest BCUT2D eigenvalue weighted by atomic mass is 14.5. The molecule has 0 heterocycles. The number of rotatable bonds is 4. The number of anilines is 1. The van der Waals surface area contributed by atoms with Crippen molar-refractivity contribution in [2.75, 3.05) is 5.73 Å². The first-order chi connectivity index (χ1) is 11.7. The average Bonchev–Trinajstić information content (AvgIpc) is 2.61. The van der Waals surface area contributed by atoms with Gasteiger partial charge in [-0.15, -0.1) is 0 Å². The quantitative estimate of drug-likeness (QED) is 0.470. The lowest BCUT2D eigenvalue weighted by molar-refractivity contribution is 1.46. The van der Waals surface area contributed by atoms with Crippen LogP contribution in [-0.2, 0) is 0 Å². The van der Waals surface area contributed by atoms with Crippen molar-refractivity contribution in [2.45, 2.75) is 6.92 Å². The Morgan fingerprint density at radius 2 is 1.04 bits per heavy atom. The summed E-state index contributed by atoms with van der Waals surface area (Å²) in [5.74, 6) is 0. The molecule has 3 rings (SSSR count). The van der Waals surface area contributed by atoms with Gasteiger partial charge in [0.1, 0.15) is 0 Å². The molecule has 0 saturated carbocycles. The van der Waals surface area contributed by atoms with Crippen LogP contribution in [0.1, 0.15) is 27.8 Å². The van der Waals surface area contributed by atoms with Gasteiger partial charge < -0.3 is 5.73 Å². The maximum atomic E-state index is 5.95. The fourth-order valence-electron chi connectivity index (χ4n) is 2.44. The van der Waals surface area contributed by atoms with Crippen LogP contribution in [-0.4, -0.2) is 0 Å². The zero-order valence-electron chi connectivity index (χ0n) is 13.8. The largest absolute Gasteiger partial charge is 0.398 e. The van der Waals surface area contributed by atoms with E-state index in [-0.39, 0.29) is 0 Å². The smallest absolute Gasteiger partial charge is 0.0387 e. The van der Waals surface area contributed by atoms with Crippen LogP contribution in [0, 0.1) is 6.92 Å². The molecule has 1 heteroatoms. The van der Waals surface area contributed by atoms with E-state index in [1.807, 2.05) is 30.3 Å². The van der Waals surface area contributed by atoms with Crippen LogP contribution in [0.15, 0.2) is 72.8 Å². The van der Waals surface area contributed by atoms with Gasteiger partial charge in [0, 0.05) is 5.69 Å². The Labute approximate surface area is 143 Å². The van der Waals surface area contributed by atoms with Gasteiger partial charge in [-0.3, -0.25) is 0 Å². The number of hydrogen-bond donors (Lipinski definition) is 1. The van der Waals surface area contributed by atoms with Crippen molar-refractivity contribution in [1.82, 2.24) is 0 Å². The second kappa shape index (κ2) is 7.47. The molecule has 2 N–H and O–H groups in total. The molecule has 118 valence electrons. The summed E-state index contributed by atoms with van der Waals surface area (Å²) in [5.41, 5.74) is 12.6. The fraction of sp³-hybridized carbons (Fsp3) is 0.0435. The number of aryl methyl sites for hydroxylation is 1. The Kier molecular flexibility index (Phi) is 4.93. The summed E-state index contributed by atoms with van der Waals surface area (Å²) in [4.78, 5) is 0. The van der Waals surface area contributed by atoms with E-state index >= 15 is 0 Å². The zero-order chi connectivity index (χ0) is 16.8. The molecule has 3 aromatic carbocycles. The van der Waals surface area contributed by atoms with Gasteiger partial charge in [0.15, 0.2) is 0 Å². The molecule has 0 aliphatic rings. The summed E-state index contributed by atoms with van der Waals surface area (Å²) in [5, 5.41) is 0. The van der Waals surface area contributed by atoms with Crippen molar-refractivity contribution in [3.05, 3.63) is 101 Å². The van der Waals surface area contributed by atoms with Gasteiger partial charge in [0.05, 0.1) is 0 Å². The van der Waals surface area contributed by atoms with Gasteiger partial charge in [0.25, 0.3) is 0 Å². The predicted molar refractivity (Wildman–Crippen MR) is 106 cm³/mol. The van der Waals surface area contributed by atoms with Crippen LogP contribution in [0.2, 0.25) is 0 Å². The summed E-state index contributed by atoms with van der Waals surface area (Å²) in [6.45, 7) is 2.10. The lowest BCUT2D eigenvalue weighted by Crippen LogP contribution is -1.87. The Morgan fingerprint density at radius 1 is 0.583 bits per heavy atom. The Bertz CT molecular complexity index is 853. The van der Waals surface area contributed by atoms with Gasteiger partial charge in [-0.2, -0.15) is 0 Å². The third kappa shape index (κ3) is 4.23. The molecule has 0 aliphatic carbocycles. The van der Waals surface area contributed by atoms with E-state index in [1.54, 1.807) is 0 Å². The van der Waals surface area contributed by atoms with Gasteiger partial charge in [-0.1, -0.05) is 96.6 Å². The zero-order valence-corrected chi connectivity index (χ0v) is 13.8. The molecule has 1 nitrogen and oxygen atoms in total. The van der Waals surface area contributed by atoms with Crippen LogP contribution in [0.25, 0.3) is 24.3 Å². The molecule has 0 atom stereocenters. The highest BCUT2D eigenvalue weighted by Gasteiger charge is 1.93. The molecular formula is C23H21N. The molecule has 0 fully saturated rings. The molecule has 0 aromatic heterocycles. The number of hydrogen-bond acceptors (Lipinski definition) is 1. The molecule has 24 heavy (non-hydrogen) atoms. The van der Waals surface area contributed by atoms with E-state index in [9.17, 15) is 0 Å². The molecule has 0 bridgehead atoms. The average molecular weight is 311 g/mol. The Hall–Kier alpha value is -3.06. The number of benzene rings is 3. The van der Waals surface area contributed by atoms with Crippen molar-refractivity contribution in [1.29, 1.82) is 0 Å². The van der Waals surface area contributed by atoms with Gasteiger partial charge in [0.2, 0.25) is 0 Å². The summed E-state index contributed by atoms with van der Waals surface area (Å²) in [6.07, 6.45) is 8.40. The third-order valence-corrected chi connectivity index (χ3v) is 3.93. The van der Waals surface area contributed by atoms with Crippen LogP contribution in [0.4, 0.5) is 5.69 Å². The van der Waals surface area contributed by atoms with Crippen LogP contribution >= 0.6 is 0 Å². The van der Waals surface area contributed by atoms with E-state index in [2.05, 4.69) is 73.7 Å². The second-order valence-corrected chi connectivity index (χ2v) is 5.87. The van der Waals surface area contributed by atoms with Gasteiger partial charge in [-0.25, -0.2) is 0 Å². The minimum absolute atomic E-state index is 0.798. The summed E-state index contributed by atoms with van der Waals surface area (Å²) >= 11 is 0. The molecule has 0 radical (unpaired) electrons. The molecule has 3 aromatic rings. The highest BCUT2D eigenvalue weighted by molar-refractivity contribution is 5.76. The standard InChI is InChI=1S/C23H21N/c1-18-6-8-19(9-7-18)10-11-20-12-14-21(15-13-20)16-17-22-4-2-3-5-23(22)24/h2-17H,24H2,1H3/b11-10+,17-16+. The maximum Gasteiger partial charge on any atom is 0.0387 e. The van der Waals surface area contributed by atoms with E-state index in [1.165, 1.54) is 16.7 Å². The van der Waals surface area contributed by atoms with Crippen molar-refractivity contribution < 1.29 is 0 Å².